The number of nitrogens with one attached hydrogen (secondary N) is 2. The van der Waals surface area contributed by atoms with Crippen LogP contribution >= 0.6 is 0 Å². The van der Waals surface area contributed by atoms with Gasteiger partial charge in [-0.2, -0.15) is 5.26 Å². The maximum atomic E-state index is 11.5. The lowest BCUT2D eigenvalue weighted by molar-refractivity contribution is -0.120. The summed E-state index contributed by atoms with van der Waals surface area (Å²) in [6, 6.07) is 1.19. The Bertz CT molecular complexity index is 341. The Hall–Kier alpha value is -1.77. The zero-order valence-electron chi connectivity index (χ0n) is 11.5. The molecule has 0 saturated heterocycles. The highest BCUT2D eigenvalue weighted by Gasteiger charge is 2.21. The number of hydrogen-bond donors (Lipinski definition) is 2. The van der Waals surface area contributed by atoms with Crippen molar-refractivity contribution in [3.63, 3.8) is 0 Å². The number of amides is 2. The second kappa shape index (κ2) is 6.84. The van der Waals surface area contributed by atoms with Gasteiger partial charge in [-0.05, 0) is 34.6 Å². The second-order valence-corrected chi connectivity index (χ2v) is 5.13. The number of carbonyl (C=O) groups excluding carboxylic acids is 2. The van der Waals surface area contributed by atoms with Crippen LogP contribution in [-0.2, 0) is 9.53 Å². The smallest absolute Gasteiger partial charge is 0.407 e. The molecule has 2 atom stereocenters. The van der Waals surface area contributed by atoms with Gasteiger partial charge >= 0.3 is 6.09 Å². The van der Waals surface area contributed by atoms with Gasteiger partial charge in [-0.1, -0.05) is 0 Å². The van der Waals surface area contributed by atoms with Crippen molar-refractivity contribution in [2.45, 2.75) is 58.7 Å². The van der Waals surface area contributed by atoms with Crippen LogP contribution in [0.4, 0.5) is 4.79 Å². The van der Waals surface area contributed by atoms with Gasteiger partial charge in [0.1, 0.15) is 12.0 Å². The van der Waals surface area contributed by atoms with E-state index in [9.17, 15) is 9.59 Å². The number of nitriles is 1. The molecule has 2 amide bonds. The van der Waals surface area contributed by atoms with Gasteiger partial charge in [0.25, 0.3) is 0 Å². The zero-order chi connectivity index (χ0) is 14.3. The molecular formula is C12H21N3O3. The van der Waals surface area contributed by atoms with Crippen molar-refractivity contribution in [2.75, 3.05) is 0 Å². The number of alkyl carbamates (subject to hydrolysis) is 1. The van der Waals surface area contributed by atoms with E-state index < -0.39 is 11.7 Å². The fourth-order valence-electron chi connectivity index (χ4n) is 1.12. The van der Waals surface area contributed by atoms with Gasteiger partial charge in [0, 0.05) is 12.1 Å². The maximum Gasteiger partial charge on any atom is 0.407 e. The van der Waals surface area contributed by atoms with Crippen molar-refractivity contribution in [2.24, 2.45) is 0 Å². The summed E-state index contributed by atoms with van der Waals surface area (Å²) >= 11 is 0. The predicted octanol–water partition coefficient (Wildman–Crippen LogP) is 1.32. The molecule has 0 heterocycles. The van der Waals surface area contributed by atoms with Gasteiger partial charge in [0.2, 0.25) is 5.91 Å². The van der Waals surface area contributed by atoms with Gasteiger partial charge in [-0.25, -0.2) is 4.79 Å². The Balaban J connectivity index is 4.16. The summed E-state index contributed by atoms with van der Waals surface area (Å²) in [5, 5.41) is 13.6. The number of hydrogen-bond acceptors (Lipinski definition) is 4. The average molecular weight is 255 g/mol. The van der Waals surface area contributed by atoms with E-state index in [4.69, 9.17) is 10.00 Å². The normalized spacial score (nSPS) is 14.0. The lowest BCUT2D eigenvalue weighted by Gasteiger charge is -2.25. The second-order valence-electron chi connectivity index (χ2n) is 5.13. The molecule has 102 valence electrons. The number of rotatable bonds is 4. The molecule has 0 aliphatic heterocycles. The summed E-state index contributed by atoms with van der Waals surface area (Å²) in [4.78, 5) is 22.7. The fourth-order valence-corrected chi connectivity index (χ4v) is 1.12. The topological polar surface area (TPSA) is 91.2 Å². The lowest BCUT2D eigenvalue weighted by atomic mass is 10.1. The molecule has 6 nitrogen and oxygen atoms in total. The monoisotopic (exact) mass is 255 g/mol. The van der Waals surface area contributed by atoms with Gasteiger partial charge in [-0.3, -0.25) is 4.79 Å². The van der Waals surface area contributed by atoms with Crippen molar-refractivity contribution >= 4 is 12.0 Å². The molecule has 0 fully saturated rings. The minimum atomic E-state index is -0.558. The highest BCUT2D eigenvalue weighted by molar-refractivity contribution is 5.78. The third-order valence-corrected chi connectivity index (χ3v) is 2.12. The standard InChI is InChI=1S/C12H21N3O3/c1-8(14-10(16)6-7-13)9(2)15-11(17)18-12(3,4)5/h8-9H,6H2,1-5H3,(H,14,16)(H,15,17)/t8-,9+/m1/s1. The first-order chi connectivity index (χ1) is 8.15. The maximum absolute atomic E-state index is 11.5. The first kappa shape index (κ1) is 16.2. The van der Waals surface area contributed by atoms with Gasteiger partial charge in [-0.15, -0.1) is 0 Å². The van der Waals surface area contributed by atoms with Crippen LogP contribution in [0.25, 0.3) is 0 Å². The number of carbonyl (C=O) groups is 2. The minimum Gasteiger partial charge on any atom is -0.444 e. The first-order valence-electron chi connectivity index (χ1n) is 5.81. The highest BCUT2D eigenvalue weighted by Crippen LogP contribution is 2.07. The molecule has 0 unspecified atom stereocenters. The third kappa shape index (κ3) is 7.49. The Morgan fingerprint density at radius 1 is 1.22 bits per heavy atom. The van der Waals surface area contributed by atoms with E-state index in [0.29, 0.717) is 0 Å². The molecule has 18 heavy (non-hydrogen) atoms. The third-order valence-electron chi connectivity index (χ3n) is 2.12. The van der Waals surface area contributed by atoms with Gasteiger partial charge in [0.15, 0.2) is 0 Å². The van der Waals surface area contributed by atoms with Crippen LogP contribution in [0, 0.1) is 11.3 Å². The molecule has 2 N–H and O–H groups in total. The van der Waals surface area contributed by atoms with E-state index in [1.54, 1.807) is 40.7 Å². The molecule has 0 aromatic rings. The summed E-state index contributed by atoms with van der Waals surface area (Å²) in [5.41, 5.74) is -0.558. The van der Waals surface area contributed by atoms with Crippen molar-refractivity contribution in [3.05, 3.63) is 0 Å². The molecule has 6 heteroatoms. The molecule has 0 saturated carbocycles. The van der Waals surface area contributed by atoms with Gasteiger partial charge in [0.05, 0.1) is 6.07 Å². The molecule has 0 aliphatic rings. The van der Waals surface area contributed by atoms with Crippen molar-refractivity contribution in [3.8, 4) is 6.07 Å². The van der Waals surface area contributed by atoms with E-state index >= 15 is 0 Å². The van der Waals surface area contributed by atoms with Gasteiger partial charge < -0.3 is 15.4 Å². The largest absolute Gasteiger partial charge is 0.444 e. The van der Waals surface area contributed by atoms with Crippen LogP contribution in [0.3, 0.4) is 0 Å². The average Bonchev–Trinajstić information content (AvgIpc) is 2.14. The molecule has 0 radical (unpaired) electrons. The minimum absolute atomic E-state index is 0.191. The first-order valence-corrected chi connectivity index (χ1v) is 5.81. The van der Waals surface area contributed by atoms with Crippen molar-refractivity contribution in [1.29, 1.82) is 5.26 Å². The summed E-state index contributed by atoms with van der Waals surface area (Å²) in [5.74, 6) is -0.358. The van der Waals surface area contributed by atoms with E-state index in [1.807, 2.05) is 0 Å². The van der Waals surface area contributed by atoms with E-state index in [1.165, 1.54) is 0 Å². The zero-order valence-corrected chi connectivity index (χ0v) is 11.5. The summed E-state index contributed by atoms with van der Waals surface area (Å²) in [6.45, 7) is 8.82. The SMILES string of the molecule is C[C@H](NC(=O)OC(C)(C)C)[C@@H](C)NC(=O)CC#N. The molecule has 0 aromatic carbocycles. The molecule has 0 aromatic heterocycles. The van der Waals surface area contributed by atoms with Crippen LogP contribution in [0.1, 0.15) is 41.0 Å². The molecule has 0 rings (SSSR count). The predicted molar refractivity (Wildman–Crippen MR) is 66.7 cm³/mol. The van der Waals surface area contributed by atoms with Crippen LogP contribution in [0.15, 0.2) is 0 Å². The Kier molecular flexibility index (Phi) is 6.17. The summed E-state index contributed by atoms with van der Waals surface area (Å²) < 4.78 is 5.10. The van der Waals surface area contributed by atoms with E-state index in [0.717, 1.165) is 0 Å². The lowest BCUT2D eigenvalue weighted by Crippen LogP contribution is -2.49. The quantitative estimate of drug-likeness (QED) is 0.792. The Morgan fingerprint density at radius 3 is 2.17 bits per heavy atom. The van der Waals surface area contributed by atoms with E-state index in [2.05, 4.69) is 10.6 Å². The highest BCUT2D eigenvalue weighted by atomic mass is 16.6. The summed E-state index contributed by atoms with van der Waals surface area (Å²) in [7, 11) is 0. The summed E-state index contributed by atoms with van der Waals surface area (Å²) in [6.07, 6.45) is -0.722. The van der Waals surface area contributed by atoms with Crippen LogP contribution in [0.5, 0.6) is 0 Å². The molecule has 0 spiro atoms. The van der Waals surface area contributed by atoms with E-state index in [-0.39, 0.29) is 24.4 Å². The number of ether oxygens (including phenoxy) is 1. The Labute approximate surface area is 108 Å². The van der Waals surface area contributed by atoms with Crippen LogP contribution in [0.2, 0.25) is 0 Å². The Morgan fingerprint density at radius 2 is 1.72 bits per heavy atom. The van der Waals surface area contributed by atoms with Crippen molar-refractivity contribution < 1.29 is 14.3 Å². The fraction of sp³-hybridized carbons (Fsp3) is 0.750. The van der Waals surface area contributed by atoms with Crippen LogP contribution in [-0.4, -0.2) is 29.7 Å². The molecule has 0 bridgehead atoms. The van der Waals surface area contributed by atoms with Crippen LogP contribution < -0.4 is 10.6 Å². The van der Waals surface area contributed by atoms with Crippen molar-refractivity contribution in [1.82, 2.24) is 10.6 Å². The molecular weight excluding hydrogens is 234 g/mol. The number of nitrogens with zero attached hydrogens (tertiary/aromatic N) is 1. The molecule has 0 aliphatic carbocycles.